The van der Waals surface area contributed by atoms with E-state index in [1.165, 1.54) is 11.4 Å². The highest BCUT2D eigenvalue weighted by Crippen LogP contribution is 2.25. The highest BCUT2D eigenvalue weighted by molar-refractivity contribution is 7.89. The van der Waals surface area contributed by atoms with E-state index in [9.17, 15) is 13.2 Å². The predicted octanol–water partition coefficient (Wildman–Crippen LogP) is 4.78. The summed E-state index contributed by atoms with van der Waals surface area (Å²) in [5, 5.41) is 2.92. The number of nitrogens with one attached hydrogen (secondary N) is 1. The summed E-state index contributed by atoms with van der Waals surface area (Å²) in [6, 6.07) is 19.2. The average molecular weight is 453 g/mol. The van der Waals surface area contributed by atoms with Gasteiger partial charge in [0.1, 0.15) is 5.75 Å². The zero-order valence-corrected chi connectivity index (χ0v) is 19.6. The van der Waals surface area contributed by atoms with Crippen molar-refractivity contribution in [2.75, 3.05) is 19.0 Å². The number of hydrogen-bond acceptors (Lipinski definition) is 4. The Morgan fingerprint density at radius 3 is 2.25 bits per heavy atom. The number of hydrogen-bond donors (Lipinski definition) is 1. The molecule has 0 aromatic heterocycles. The Labute approximate surface area is 189 Å². The first-order chi connectivity index (χ1) is 15.2. The first-order valence-electron chi connectivity index (χ1n) is 10.4. The van der Waals surface area contributed by atoms with Crippen molar-refractivity contribution in [2.45, 2.75) is 32.2 Å². The lowest BCUT2D eigenvalue weighted by atomic mass is 10.1. The summed E-state index contributed by atoms with van der Waals surface area (Å²) in [6.07, 6.45) is 0. The number of sulfonamides is 1. The molecule has 0 unspecified atom stereocenters. The number of amides is 1. The topological polar surface area (TPSA) is 75.7 Å². The lowest BCUT2D eigenvalue weighted by Gasteiger charge is -2.20. The van der Waals surface area contributed by atoms with Crippen molar-refractivity contribution in [2.24, 2.45) is 0 Å². The van der Waals surface area contributed by atoms with Crippen LogP contribution in [0.4, 0.5) is 5.69 Å². The smallest absolute Gasteiger partial charge is 0.255 e. The van der Waals surface area contributed by atoms with Crippen molar-refractivity contribution in [1.29, 1.82) is 0 Å². The maximum Gasteiger partial charge on any atom is 0.255 e. The summed E-state index contributed by atoms with van der Waals surface area (Å²) in [7, 11) is -2.17. The van der Waals surface area contributed by atoms with Crippen molar-refractivity contribution >= 4 is 21.6 Å². The molecule has 3 aromatic rings. The van der Waals surface area contributed by atoms with Crippen LogP contribution in [-0.4, -0.2) is 32.3 Å². The van der Waals surface area contributed by atoms with E-state index in [2.05, 4.69) is 5.32 Å². The molecule has 0 aliphatic carbocycles. The zero-order chi connectivity index (χ0) is 23.3. The van der Waals surface area contributed by atoms with Gasteiger partial charge in [0.2, 0.25) is 10.0 Å². The molecule has 168 valence electrons. The number of ether oxygens (including phenoxy) is 1. The van der Waals surface area contributed by atoms with Crippen LogP contribution in [0, 0.1) is 13.8 Å². The minimum atomic E-state index is -3.68. The fourth-order valence-electron chi connectivity index (χ4n) is 3.49. The number of anilines is 1. The van der Waals surface area contributed by atoms with Gasteiger partial charge in [-0.2, -0.15) is 4.31 Å². The van der Waals surface area contributed by atoms with Gasteiger partial charge in [0.15, 0.2) is 0 Å². The van der Waals surface area contributed by atoms with Gasteiger partial charge in [-0.25, -0.2) is 8.42 Å². The highest BCUT2D eigenvalue weighted by atomic mass is 32.2. The molecule has 1 amide bonds. The molecule has 0 aliphatic heterocycles. The largest absolute Gasteiger partial charge is 0.494 e. The molecule has 0 spiro atoms. The van der Waals surface area contributed by atoms with Crippen LogP contribution in [0.3, 0.4) is 0 Å². The van der Waals surface area contributed by atoms with Gasteiger partial charge in [0, 0.05) is 30.4 Å². The molecule has 0 bridgehead atoms. The molecule has 3 rings (SSSR count). The molecule has 6 nitrogen and oxygen atoms in total. The molecule has 0 saturated carbocycles. The van der Waals surface area contributed by atoms with Gasteiger partial charge in [-0.3, -0.25) is 4.79 Å². The molecule has 0 heterocycles. The third kappa shape index (κ3) is 5.55. The van der Waals surface area contributed by atoms with Crippen molar-refractivity contribution in [3.05, 3.63) is 89.0 Å². The molecule has 0 atom stereocenters. The summed E-state index contributed by atoms with van der Waals surface area (Å²) in [4.78, 5) is 13.1. The minimum Gasteiger partial charge on any atom is -0.494 e. The van der Waals surface area contributed by atoms with Gasteiger partial charge < -0.3 is 10.1 Å². The molecule has 1 N–H and O–H groups in total. The summed E-state index contributed by atoms with van der Waals surface area (Å²) in [6.45, 7) is 6.30. The number of benzene rings is 3. The lowest BCUT2D eigenvalue weighted by Crippen LogP contribution is -2.27. The maximum atomic E-state index is 12.9. The number of nitrogens with zero attached hydrogens (tertiary/aromatic N) is 1. The molecule has 0 saturated heterocycles. The standard InChI is InChI=1S/C25H28N2O4S/c1-5-31-24-12-11-20(25(28)26-22-14-18(2)13-19(3)15-22)16-21(24)17-27(4)32(29,30)23-9-7-6-8-10-23/h6-16H,5,17H2,1-4H3,(H,26,28). The second-order valence-electron chi connectivity index (χ2n) is 7.66. The van der Waals surface area contributed by atoms with Gasteiger partial charge in [0.25, 0.3) is 5.91 Å². The molecule has 0 fully saturated rings. The van der Waals surface area contributed by atoms with Crippen LogP contribution < -0.4 is 10.1 Å². The number of carbonyl (C=O) groups excluding carboxylic acids is 1. The van der Waals surface area contributed by atoms with Crippen LogP contribution >= 0.6 is 0 Å². The first kappa shape index (κ1) is 23.5. The van der Waals surface area contributed by atoms with Crippen LogP contribution in [-0.2, 0) is 16.6 Å². The lowest BCUT2D eigenvalue weighted by molar-refractivity contribution is 0.102. The van der Waals surface area contributed by atoms with E-state index in [1.807, 2.05) is 39.0 Å². The maximum absolute atomic E-state index is 12.9. The van der Waals surface area contributed by atoms with Crippen molar-refractivity contribution in [3.63, 3.8) is 0 Å². The monoisotopic (exact) mass is 452 g/mol. The van der Waals surface area contributed by atoms with Crippen molar-refractivity contribution in [1.82, 2.24) is 4.31 Å². The van der Waals surface area contributed by atoms with E-state index in [0.717, 1.165) is 11.1 Å². The van der Waals surface area contributed by atoms with Gasteiger partial charge in [-0.1, -0.05) is 24.3 Å². The van der Waals surface area contributed by atoms with Crippen LogP contribution in [0.2, 0.25) is 0 Å². The van der Waals surface area contributed by atoms with Crippen molar-refractivity contribution < 1.29 is 17.9 Å². The van der Waals surface area contributed by atoms with E-state index < -0.39 is 10.0 Å². The number of carbonyl (C=O) groups is 1. The van der Waals surface area contributed by atoms with Gasteiger partial charge in [-0.15, -0.1) is 0 Å². The van der Waals surface area contributed by atoms with Crippen LogP contribution in [0.25, 0.3) is 0 Å². The minimum absolute atomic E-state index is 0.0667. The summed E-state index contributed by atoms with van der Waals surface area (Å²) >= 11 is 0. The van der Waals surface area contributed by atoms with Crippen LogP contribution in [0.1, 0.15) is 34.0 Å². The fraction of sp³-hybridized carbons (Fsp3) is 0.240. The normalized spacial score (nSPS) is 11.4. The Morgan fingerprint density at radius 1 is 0.969 bits per heavy atom. The van der Waals surface area contributed by atoms with Gasteiger partial charge >= 0.3 is 0 Å². The average Bonchev–Trinajstić information content (AvgIpc) is 2.74. The Kier molecular flexibility index (Phi) is 7.33. The Bertz CT molecular complexity index is 1190. The quantitative estimate of drug-likeness (QED) is 0.534. The van der Waals surface area contributed by atoms with Crippen LogP contribution in [0.5, 0.6) is 5.75 Å². The molecule has 32 heavy (non-hydrogen) atoms. The SMILES string of the molecule is CCOc1ccc(C(=O)Nc2cc(C)cc(C)c2)cc1CN(C)S(=O)(=O)c1ccccc1. The Morgan fingerprint density at radius 2 is 1.62 bits per heavy atom. The second kappa shape index (κ2) is 9.97. The Hall–Kier alpha value is -3.16. The van der Waals surface area contributed by atoms with E-state index in [1.54, 1.807) is 48.5 Å². The molecular weight excluding hydrogens is 424 g/mol. The van der Waals surface area contributed by atoms with E-state index in [0.29, 0.717) is 29.2 Å². The Balaban J connectivity index is 1.88. The van der Waals surface area contributed by atoms with E-state index in [-0.39, 0.29) is 17.3 Å². The first-order valence-corrected chi connectivity index (χ1v) is 11.8. The molecule has 3 aromatic carbocycles. The second-order valence-corrected chi connectivity index (χ2v) is 9.71. The number of aryl methyl sites for hydroxylation is 2. The molecule has 0 aliphatic rings. The van der Waals surface area contributed by atoms with E-state index in [4.69, 9.17) is 4.74 Å². The number of rotatable bonds is 8. The molecule has 0 radical (unpaired) electrons. The highest BCUT2D eigenvalue weighted by Gasteiger charge is 2.22. The van der Waals surface area contributed by atoms with Gasteiger partial charge in [0.05, 0.1) is 11.5 Å². The molecular formula is C25H28N2O4S. The fourth-order valence-corrected chi connectivity index (χ4v) is 4.66. The van der Waals surface area contributed by atoms with Gasteiger partial charge in [-0.05, 0) is 74.4 Å². The zero-order valence-electron chi connectivity index (χ0n) is 18.8. The summed E-state index contributed by atoms with van der Waals surface area (Å²) < 4.78 is 32.8. The van der Waals surface area contributed by atoms with Crippen LogP contribution in [0.15, 0.2) is 71.6 Å². The summed E-state index contributed by atoms with van der Waals surface area (Å²) in [5.74, 6) is 0.276. The third-order valence-corrected chi connectivity index (χ3v) is 6.76. The molecule has 7 heteroatoms. The van der Waals surface area contributed by atoms with Crippen molar-refractivity contribution in [3.8, 4) is 5.75 Å². The summed E-state index contributed by atoms with van der Waals surface area (Å²) in [5.41, 5.74) is 3.86. The third-order valence-electron chi connectivity index (χ3n) is 4.95. The van der Waals surface area contributed by atoms with E-state index >= 15 is 0 Å². The predicted molar refractivity (Wildman–Crippen MR) is 127 cm³/mol.